The highest BCUT2D eigenvalue weighted by atomic mass is 32.2. The average Bonchev–Trinajstić information content (AvgIpc) is 2.67. The Morgan fingerprint density at radius 1 is 1.50 bits per heavy atom. The summed E-state index contributed by atoms with van der Waals surface area (Å²) < 4.78 is 5.80. The Morgan fingerprint density at radius 3 is 2.85 bits per heavy atom. The molecule has 1 heterocycles. The van der Waals surface area contributed by atoms with E-state index in [2.05, 4.69) is 6.58 Å². The Kier molecular flexibility index (Phi) is 4.62. The number of carbonyl (C=O) groups is 1. The largest absolute Gasteiger partial charge is 0.496 e. The van der Waals surface area contributed by atoms with Gasteiger partial charge in [-0.1, -0.05) is 36.1 Å². The molecule has 2 rings (SSSR count). The Morgan fingerprint density at radius 2 is 2.25 bits per heavy atom. The highest BCUT2D eigenvalue weighted by Crippen LogP contribution is 2.32. The summed E-state index contributed by atoms with van der Waals surface area (Å²) in [5.41, 5.74) is 1.99. The second-order valence-corrected chi connectivity index (χ2v) is 5.99. The van der Waals surface area contributed by atoms with Gasteiger partial charge < -0.3 is 4.74 Å². The van der Waals surface area contributed by atoms with E-state index in [0.29, 0.717) is 15.8 Å². The number of amides is 1. The first-order valence-electron chi connectivity index (χ1n) is 6.07. The van der Waals surface area contributed by atoms with Crippen LogP contribution in [-0.4, -0.2) is 28.8 Å². The molecule has 1 aliphatic heterocycles. The summed E-state index contributed by atoms with van der Waals surface area (Å²) in [6.07, 6.45) is 3.53. The molecule has 0 atom stereocenters. The van der Waals surface area contributed by atoms with Gasteiger partial charge in [-0.3, -0.25) is 9.69 Å². The van der Waals surface area contributed by atoms with Crippen molar-refractivity contribution in [3.8, 4) is 5.75 Å². The molecule has 1 saturated heterocycles. The van der Waals surface area contributed by atoms with Crippen LogP contribution < -0.4 is 4.74 Å². The first-order chi connectivity index (χ1) is 9.56. The van der Waals surface area contributed by atoms with Crippen LogP contribution in [0.1, 0.15) is 11.1 Å². The number of thiocarbonyl (C=S) groups is 1. The summed E-state index contributed by atoms with van der Waals surface area (Å²) in [6.45, 7) is 6.06. The molecule has 104 valence electrons. The van der Waals surface area contributed by atoms with Crippen LogP contribution in [0.15, 0.2) is 35.8 Å². The highest BCUT2D eigenvalue weighted by molar-refractivity contribution is 8.26. The first kappa shape index (κ1) is 14.8. The lowest BCUT2D eigenvalue weighted by Crippen LogP contribution is -2.27. The van der Waals surface area contributed by atoms with E-state index in [4.69, 9.17) is 17.0 Å². The van der Waals surface area contributed by atoms with E-state index in [0.717, 1.165) is 16.9 Å². The van der Waals surface area contributed by atoms with Crippen molar-refractivity contribution in [3.05, 3.63) is 46.9 Å². The molecule has 5 heteroatoms. The van der Waals surface area contributed by atoms with Crippen molar-refractivity contribution in [1.82, 2.24) is 4.90 Å². The molecule has 0 bridgehead atoms. The van der Waals surface area contributed by atoms with Crippen LogP contribution in [0.25, 0.3) is 6.08 Å². The van der Waals surface area contributed by atoms with Gasteiger partial charge in [-0.15, -0.1) is 6.58 Å². The fourth-order valence-corrected chi connectivity index (χ4v) is 3.20. The van der Waals surface area contributed by atoms with Crippen molar-refractivity contribution in [2.45, 2.75) is 6.92 Å². The van der Waals surface area contributed by atoms with Crippen LogP contribution in [0.3, 0.4) is 0 Å². The lowest BCUT2D eigenvalue weighted by Gasteiger charge is -2.10. The molecule has 0 aromatic heterocycles. The van der Waals surface area contributed by atoms with Crippen LogP contribution >= 0.6 is 24.0 Å². The van der Waals surface area contributed by atoms with Crippen molar-refractivity contribution in [2.75, 3.05) is 13.7 Å². The monoisotopic (exact) mass is 305 g/mol. The number of carbonyl (C=O) groups excluding carboxylic acids is 1. The van der Waals surface area contributed by atoms with Gasteiger partial charge in [0.2, 0.25) is 0 Å². The standard InChI is InChI=1S/C15H15NO2S2/c1-4-7-16-14(17)13(20-15(16)19)9-11-5-6-12(18-3)10(2)8-11/h4-6,8-9H,1,7H2,2-3H3/b13-9-. The van der Waals surface area contributed by atoms with E-state index < -0.39 is 0 Å². The van der Waals surface area contributed by atoms with Crippen molar-refractivity contribution < 1.29 is 9.53 Å². The maximum Gasteiger partial charge on any atom is 0.266 e. The van der Waals surface area contributed by atoms with Crippen LogP contribution in [0.4, 0.5) is 0 Å². The van der Waals surface area contributed by atoms with E-state index in [1.807, 2.05) is 31.2 Å². The molecule has 1 fully saturated rings. The number of hydrogen-bond acceptors (Lipinski definition) is 4. The number of nitrogens with zero attached hydrogens (tertiary/aromatic N) is 1. The predicted octanol–water partition coefficient (Wildman–Crippen LogP) is 3.39. The van der Waals surface area contributed by atoms with Crippen molar-refractivity contribution in [3.63, 3.8) is 0 Å². The molecule has 1 aliphatic rings. The van der Waals surface area contributed by atoms with Crippen LogP contribution in [0, 0.1) is 6.92 Å². The summed E-state index contributed by atoms with van der Waals surface area (Å²) in [5, 5.41) is 0. The highest BCUT2D eigenvalue weighted by Gasteiger charge is 2.30. The molecule has 0 aliphatic carbocycles. The molecule has 3 nitrogen and oxygen atoms in total. The summed E-state index contributed by atoms with van der Waals surface area (Å²) in [6, 6.07) is 5.80. The fourth-order valence-electron chi connectivity index (χ4n) is 1.93. The molecule has 0 spiro atoms. The maximum absolute atomic E-state index is 12.2. The third-order valence-electron chi connectivity index (χ3n) is 2.90. The van der Waals surface area contributed by atoms with Gasteiger partial charge >= 0.3 is 0 Å². The lowest BCUT2D eigenvalue weighted by molar-refractivity contribution is -0.121. The number of ether oxygens (including phenoxy) is 1. The van der Waals surface area contributed by atoms with E-state index in [-0.39, 0.29) is 5.91 Å². The van der Waals surface area contributed by atoms with E-state index in [1.165, 1.54) is 11.8 Å². The van der Waals surface area contributed by atoms with Crippen LogP contribution in [0.2, 0.25) is 0 Å². The van der Waals surface area contributed by atoms with Crippen molar-refractivity contribution in [2.24, 2.45) is 0 Å². The zero-order chi connectivity index (χ0) is 14.7. The molecule has 1 amide bonds. The second kappa shape index (κ2) is 6.24. The first-order valence-corrected chi connectivity index (χ1v) is 7.30. The van der Waals surface area contributed by atoms with Crippen LogP contribution in [0.5, 0.6) is 5.75 Å². The topological polar surface area (TPSA) is 29.5 Å². The van der Waals surface area contributed by atoms with Gasteiger partial charge in [0.05, 0.1) is 12.0 Å². The number of benzene rings is 1. The third-order valence-corrected chi connectivity index (χ3v) is 4.28. The van der Waals surface area contributed by atoms with Gasteiger partial charge in [0.25, 0.3) is 5.91 Å². The van der Waals surface area contributed by atoms with Crippen molar-refractivity contribution >= 4 is 40.3 Å². The average molecular weight is 305 g/mol. The number of methoxy groups -OCH3 is 1. The molecule has 0 unspecified atom stereocenters. The summed E-state index contributed by atoms with van der Waals surface area (Å²) in [4.78, 5) is 14.4. The van der Waals surface area contributed by atoms with Gasteiger partial charge in [-0.2, -0.15) is 0 Å². The van der Waals surface area contributed by atoms with E-state index in [1.54, 1.807) is 18.1 Å². The predicted molar refractivity (Wildman–Crippen MR) is 87.8 cm³/mol. The molecule has 1 aromatic carbocycles. The third kappa shape index (κ3) is 2.94. The fraction of sp³-hybridized carbons (Fsp3) is 0.200. The maximum atomic E-state index is 12.2. The van der Waals surface area contributed by atoms with Gasteiger partial charge in [-0.05, 0) is 36.3 Å². The summed E-state index contributed by atoms with van der Waals surface area (Å²) >= 11 is 6.52. The zero-order valence-electron chi connectivity index (χ0n) is 11.4. The minimum Gasteiger partial charge on any atom is -0.496 e. The molecular weight excluding hydrogens is 290 g/mol. The number of hydrogen-bond donors (Lipinski definition) is 0. The molecule has 0 N–H and O–H groups in total. The quantitative estimate of drug-likeness (QED) is 0.484. The number of rotatable bonds is 4. The normalized spacial score (nSPS) is 16.9. The SMILES string of the molecule is C=CCN1C(=O)/C(=C/c2ccc(OC)c(C)c2)SC1=S. The zero-order valence-corrected chi connectivity index (χ0v) is 13.0. The summed E-state index contributed by atoms with van der Waals surface area (Å²) in [7, 11) is 1.64. The molecule has 0 saturated carbocycles. The molecule has 20 heavy (non-hydrogen) atoms. The molecule has 1 aromatic rings. The smallest absolute Gasteiger partial charge is 0.266 e. The van der Waals surface area contributed by atoms with Gasteiger partial charge in [-0.25, -0.2) is 0 Å². The van der Waals surface area contributed by atoms with Gasteiger partial charge in [0.15, 0.2) is 0 Å². The Labute approximate surface area is 128 Å². The number of aryl methyl sites for hydroxylation is 1. The summed E-state index contributed by atoms with van der Waals surface area (Å²) in [5.74, 6) is 0.773. The Hall–Kier alpha value is -1.59. The second-order valence-electron chi connectivity index (χ2n) is 4.31. The molecule has 0 radical (unpaired) electrons. The lowest BCUT2D eigenvalue weighted by atomic mass is 10.1. The minimum absolute atomic E-state index is 0.0617. The Bertz CT molecular complexity index is 608. The van der Waals surface area contributed by atoms with E-state index >= 15 is 0 Å². The van der Waals surface area contributed by atoms with Crippen LogP contribution in [-0.2, 0) is 4.79 Å². The molecular formula is C15H15NO2S2. The Balaban J connectivity index is 2.28. The van der Waals surface area contributed by atoms with Crippen molar-refractivity contribution in [1.29, 1.82) is 0 Å². The minimum atomic E-state index is -0.0617. The van der Waals surface area contributed by atoms with E-state index in [9.17, 15) is 4.79 Å². The number of thioether (sulfide) groups is 1. The van der Waals surface area contributed by atoms with Gasteiger partial charge in [0.1, 0.15) is 10.1 Å². The van der Waals surface area contributed by atoms with Gasteiger partial charge in [0, 0.05) is 6.54 Å².